The summed E-state index contributed by atoms with van der Waals surface area (Å²) in [6.45, 7) is 5.76. The van der Waals surface area contributed by atoms with Crippen LogP contribution in [0.3, 0.4) is 0 Å². The SMILES string of the molecule is CCc1nn(C)c(Cl)c1CN(C)Cc1nc(C)cs1. The van der Waals surface area contributed by atoms with Crippen molar-refractivity contribution >= 4 is 22.9 Å². The summed E-state index contributed by atoms with van der Waals surface area (Å²) in [4.78, 5) is 6.71. The molecule has 0 aromatic carbocycles. The highest BCUT2D eigenvalue weighted by Crippen LogP contribution is 2.22. The highest BCUT2D eigenvalue weighted by Gasteiger charge is 2.15. The van der Waals surface area contributed by atoms with Crippen molar-refractivity contribution in [1.82, 2.24) is 19.7 Å². The molecule has 104 valence electrons. The first kappa shape index (κ1) is 14.5. The van der Waals surface area contributed by atoms with E-state index in [1.54, 1.807) is 16.0 Å². The maximum absolute atomic E-state index is 6.30. The normalized spacial score (nSPS) is 11.5. The summed E-state index contributed by atoms with van der Waals surface area (Å²) in [6.07, 6.45) is 0.903. The van der Waals surface area contributed by atoms with Gasteiger partial charge in [0, 0.05) is 30.2 Å². The quantitative estimate of drug-likeness (QED) is 0.851. The summed E-state index contributed by atoms with van der Waals surface area (Å²) in [5.41, 5.74) is 3.29. The Morgan fingerprint density at radius 1 is 1.42 bits per heavy atom. The maximum atomic E-state index is 6.30. The monoisotopic (exact) mass is 298 g/mol. The second kappa shape index (κ2) is 6.03. The molecule has 2 heterocycles. The Bertz CT molecular complexity index is 561. The molecule has 0 aliphatic rings. The van der Waals surface area contributed by atoms with Gasteiger partial charge in [0.2, 0.25) is 0 Å². The van der Waals surface area contributed by atoms with E-state index in [9.17, 15) is 0 Å². The summed E-state index contributed by atoms with van der Waals surface area (Å²) in [5.74, 6) is 0. The van der Waals surface area contributed by atoms with E-state index in [2.05, 4.69) is 34.3 Å². The van der Waals surface area contributed by atoms with Crippen molar-refractivity contribution in [1.29, 1.82) is 0 Å². The van der Waals surface area contributed by atoms with Crippen molar-refractivity contribution in [3.8, 4) is 0 Å². The lowest BCUT2D eigenvalue weighted by Crippen LogP contribution is -2.18. The van der Waals surface area contributed by atoms with E-state index >= 15 is 0 Å². The molecule has 0 radical (unpaired) electrons. The topological polar surface area (TPSA) is 34.0 Å². The van der Waals surface area contributed by atoms with Gasteiger partial charge in [-0.3, -0.25) is 9.58 Å². The Labute approximate surface area is 123 Å². The molecular formula is C13H19ClN4S. The smallest absolute Gasteiger partial charge is 0.131 e. The Balaban J connectivity index is 2.08. The first-order chi connectivity index (χ1) is 9.01. The summed E-state index contributed by atoms with van der Waals surface area (Å²) < 4.78 is 1.75. The van der Waals surface area contributed by atoms with Gasteiger partial charge in [-0.2, -0.15) is 5.10 Å². The van der Waals surface area contributed by atoms with E-state index in [-0.39, 0.29) is 0 Å². The van der Waals surface area contributed by atoms with Gasteiger partial charge in [0.25, 0.3) is 0 Å². The predicted molar refractivity (Wildman–Crippen MR) is 79.6 cm³/mol. The van der Waals surface area contributed by atoms with Crippen LogP contribution in [0.5, 0.6) is 0 Å². The fraction of sp³-hybridized carbons (Fsp3) is 0.538. The van der Waals surface area contributed by atoms with E-state index < -0.39 is 0 Å². The molecule has 0 saturated carbocycles. The second-order valence-electron chi connectivity index (χ2n) is 4.75. The van der Waals surface area contributed by atoms with E-state index in [1.165, 1.54) is 0 Å². The summed E-state index contributed by atoms with van der Waals surface area (Å²) in [5, 5.41) is 8.39. The Morgan fingerprint density at radius 2 is 2.16 bits per heavy atom. The molecule has 0 N–H and O–H groups in total. The number of aryl methyl sites for hydroxylation is 3. The number of hydrogen-bond donors (Lipinski definition) is 0. The Morgan fingerprint density at radius 3 is 2.74 bits per heavy atom. The molecule has 0 fully saturated rings. The molecule has 0 aliphatic heterocycles. The van der Waals surface area contributed by atoms with Crippen molar-refractivity contribution in [3.63, 3.8) is 0 Å². The Hall–Kier alpha value is -0.910. The number of thiazole rings is 1. The van der Waals surface area contributed by atoms with Crippen LogP contribution >= 0.6 is 22.9 Å². The first-order valence-electron chi connectivity index (χ1n) is 6.31. The van der Waals surface area contributed by atoms with Crippen LogP contribution in [0.2, 0.25) is 5.15 Å². The zero-order valence-electron chi connectivity index (χ0n) is 11.8. The van der Waals surface area contributed by atoms with Gasteiger partial charge in [-0.1, -0.05) is 18.5 Å². The molecule has 6 heteroatoms. The van der Waals surface area contributed by atoms with Crippen LogP contribution in [-0.2, 0) is 26.6 Å². The lowest BCUT2D eigenvalue weighted by Gasteiger charge is -2.15. The van der Waals surface area contributed by atoms with Crippen molar-refractivity contribution in [2.24, 2.45) is 7.05 Å². The molecule has 0 aliphatic carbocycles. The van der Waals surface area contributed by atoms with Crippen LogP contribution in [0, 0.1) is 6.92 Å². The van der Waals surface area contributed by atoms with Crippen LogP contribution in [0.4, 0.5) is 0 Å². The van der Waals surface area contributed by atoms with E-state index in [0.717, 1.165) is 46.6 Å². The van der Waals surface area contributed by atoms with Crippen LogP contribution < -0.4 is 0 Å². The first-order valence-corrected chi connectivity index (χ1v) is 7.56. The van der Waals surface area contributed by atoms with Gasteiger partial charge < -0.3 is 0 Å². The molecule has 4 nitrogen and oxygen atoms in total. The third kappa shape index (κ3) is 3.35. The zero-order chi connectivity index (χ0) is 14.0. The lowest BCUT2D eigenvalue weighted by molar-refractivity contribution is 0.317. The number of halogens is 1. The fourth-order valence-electron chi connectivity index (χ4n) is 2.07. The minimum absolute atomic E-state index is 0.735. The maximum Gasteiger partial charge on any atom is 0.131 e. The fourth-order valence-corrected chi connectivity index (χ4v) is 3.13. The van der Waals surface area contributed by atoms with Gasteiger partial charge in [0.05, 0.1) is 12.2 Å². The summed E-state index contributed by atoms with van der Waals surface area (Å²) >= 11 is 8.01. The average molecular weight is 299 g/mol. The zero-order valence-corrected chi connectivity index (χ0v) is 13.3. The number of hydrogen-bond acceptors (Lipinski definition) is 4. The molecule has 0 saturated heterocycles. The van der Waals surface area contributed by atoms with Gasteiger partial charge in [-0.15, -0.1) is 11.3 Å². The minimum Gasteiger partial charge on any atom is -0.295 e. The largest absolute Gasteiger partial charge is 0.295 e. The number of rotatable bonds is 5. The number of nitrogens with zero attached hydrogens (tertiary/aromatic N) is 4. The minimum atomic E-state index is 0.735. The lowest BCUT2D eigenvalue weighted by atomic mass is 10.2. The van der Waals surface area contributed by atoms with Gasteiger partial charge in [-0.05, 0) is 20.4 Å². The van der Waals surface area contributed by atoms with Gasteiger partial charge in [0.15, 0.2) is 0 Å². The summed E-state index contributed by atoms with van der Waals surface area (Å²) in [6, 6.07) is 0. The second-order valence-corrected chi connectivity index (χ2v) is 6.05. The third-order valence-corrected chi connectivity index (χ3v) is 4.41. The van der Waals surface area contributed by atoms with Crippen molar-refractivity contribution in [2.45, 2.75) is 33.4 Å². The van der Waals surface area contributed by atoms with E-state index in [4.69, 9.17) is 11.6 Å². The highest BCUT2D eigenvalue weighted by molar-refractivity contribution is 7.09. The Kier molecular flexibility index (Phi) is 4.60. The van der Waals surface area contributed by atoms with Crippen LogP contribution in [0.25, 0.3) is 0 Å². The molecule has 0 bridgehead atoms. The van der Waals surface area contributed by atoms with Crippen molar-refractivity contribution in [3.05, 3.63) is 32.5 Å². The molecule has 2 rings (SSSR count). The summed E-state index contributed by atoms with van der Waals surface area (Å²) in [7, 11) is 3.97. The van der Waals surface area contributed by atoms with Gasteiger partial charge in [-0.25, -0.2) is 4.98 Å². The molecular weight excluding hydrogens is 280 g/mol. The molecule has 0 unspecified atom stereocenters. The number of aromatic nitrogens is 3. The molecule has 0 spiro atoms. The van der Waals surface area contributed by atoms with Crippen LogP contribution in [0.1, 0.15) is 28.9 Å². The third-order valence-electron chi connectivity index (χ3n) is 2.99. The predicted octanol–water partition coefficient (Wildman–Crippen LogP) is 3.03. The molecule has 0 amide bonds. The molecule has 2 aromatic rings. The van der Waals surface area contributed by atoms with E-state index in [0.29, 0.717) is 0 Å². The standard InChI is InChI=1S/C13H19ClN4S/c1-5-11-10(13(14)18(4)16-11)6-17(3)7-12-15-9(2)8-19-12/h8H,5-7H2,1-4H3. The average Bonchev–Trinajstić information content (AvgIpc) is 2.87. The van der Waals surface area contributed by atoms with Gasteiger partial charge in [0.1, 0.15) is 10.2 Å². The van der Waals surface area contributed by atoms with Gasteiger partial charge >= 0.3 is 0 Å². The van der Waals surface area contributed by atoms with Crippen molar-refractivity contribution < 1.29 is 0 Å². The molecule has 0 atom stereocenters. The van der Waals surface area contributed by atoms with E-state index in [1.807, 2.05) is 14.0 Å². The highest BCUT2D eigenvalue weighted by atomic mass is 35.5. The van der Waals surface area contributed by atoms with Crippen molar-refractivity contribution in [2.75, 3.05) is 7.05 Å². The van der Waals surface area contributed by atoms with Crippen LogP contribution in [-0.4, -0.2) is 26.7 Å². The van der Waals surface area contributed by atoms with Crippen LogP contribution in [0.15, 0.2) is 5.38 Å². The molecule has 2 aromatic heterocycles. The molecule has 19 heavy (non-hydrogen) atoms.